The smallest absolute Gasteiger partial charge is 0.338 e. The van der Waals surface area contributed by atoms with Crippen molar-refractivity contribution in [1.29, 1.82) is 5.41 Å². The summed E-state index contributed by atoms with van der Waals surface area (Å²) < 4.78 is 4.96. The Balaban J connectivity index is 2.40. The van der Waals surface area contributed by atoms with Gasteiger partial charge in [0, 0.05) is 12.1 Å². The zero-order valence-corrected chi connectivity index (χ0v) is 8.12. The highest BCUT2D eigenvalue weighted by Gasteiger charge is 2.04. The lowest BCUT2D eigenvalue weighted by Gasteiger charge is -2.03. The van der Waals surface area contributed by atoms with Gasteiger partial charge in [-0.2, -0.15) is 0 Å². The minimum Gasteiger partial charge on any atom is -0.462 e. The van der Waals surface area contributed by atoms with Crippen LogP contribution in [0.2, 0.25) is 0 Å². The fourth-order valence-corrected chi connectivity index (χ4v) is 0.954. The first kappa shape index (κ1) is 10.4. The highest BCUT2D eigenvalue weighted by atomic mass is 16.5. The van der Waals surface area contributed by atoms with Crippen molar-refractivity contribution >= 4 is 11.7 Å². The third-order valence-electron chi connectivity index (χ3n) is 1.72. The summed E-state index contributed by atoms with van der Waals surface area (Å²) in [6, 6.07) is 8.84. The summed E-state index contributed by atoms with van der Waals surface area (Å²) >= 11 is 0. The van der Waals surface area contributed by atoms with Crippen LogP contribution in [-0.4, -0.2) is 18.3 Å². The molecule has 3 heteroatoms. The number of rotatable bonds is 4. The van der Waals surface area contributed by atoms with E-state index in [9.17, 15) is 4.79 Å². The molecule has 1 rings (SSSR count). The van der Waals surface area contributed by atoms with E-state index in [-0.39, 0.29) is 12.6 Å². The van der Waals surface area contributed by atoms with Crippen molar-refractivity contribution < 1.29 is 9.53 Å². The molecule has 1 N–H and O–H groups in total. The number of carbonyl (C=O) groups excluding carboxylic acids is 1. The van der Waals surface area contributed by atoms with Crippen molar-refractivity contribution in [3.63, 3.8) is 0 Å². The molecule has 0 aliphatic heterocycles. The standard InChI is InChI=1S/C11H13NO2/c1-9(12)7-8-14-11(13)10-5-3-2-4-6-10/h2-6,12H,7-8H2,1H3. The van der Waals surface area contributed by atoms with Crippen molar-refractivity contribution in [3.8, 4) is 0 Å². The van der Waals surface area contributed by atoms with Crippen molar-refractivity contribution in [2.24, 2.45) is 0 Å². The van der Waals surface area contributed by atoms with Crippen LogP contribution in [0.25, 0.3) is 0 Å². The Morgan fingerprint density at radius 2 is 2.00 bits per heavy atom. The van der Waals surface area contributed by atoms with Crippen LogP contribution in [0, 0.1) is 5.41 Å². The quantitative estimate of drug-likeness (QED) is 0.586. The highest BCUT2D eigenvalue weighted by molar-refractivity contribution is 5.89. The van der Waals surface area contributed by atoms with Crippen LogP contribution in [-0.2, 0) is 4.74 Å². The van der Waals surface area contributed by atoms with Crippen LogP contribution >= 0.6 is 0 Å². The average molecular weight is 191 g/mol. The third kappa shape index (κ3) is 3.39. The average Bonchev–Trinajstić information content (AvgIpc) is 2.18. The molecule has 0 heterocycles. The number of ether oxygens (including phenoxy) is 1. The minimum absolute atomic E-state index is 0.281. The predicted molar refractivity (Wildman–Crippen MR) is 54.7 cm³/mol. The maximum atomic E-state index is 11.3. The molecule has 0 atom stereocenters. The molecule has 0 amide bonds. The molecule has 0 spiro atoms. The Hall–Kier alpha value is -1.64. The number of nitrogens with one attached hydrogen (secondary N) is 1. The molecular formula is C11H13NO2. The van der Waals surface area contributed by atoms with Gasteiger partial charge in [0.15, 0.2) is 0 Å². The van der Waals surface area contributed by atoms with E-state index in [1.165, 1.54) is 0 Å². The summed E-state index contributed by atoms with van der Waals surface area (Å²) in [7, 11) is 0. The van der Waals surface area contributed by atoms with Crippen molar-refractivity contribution in [3.05, 3.63) is 35.9 Å². The summed E-state index contributed by atoms with van der Waals surface area (Å²) in [5, 5.41) is 7.15. The molecule has 0 radical (unpaired) electrons. The summed E-state index contributed by atoms with van der Waals surface area (Å²) in [5.74, 6) is -0.327. The van der Waals surface area contributed by atoms with E-state index in [1.54, 1.807) is 31.2 Å². The van der Waals surface area contributed by atoms with Crippen LogP contribution in [0.1, 0.15) is 23.7 Å². The van der Waals surface area contributed by atoms with E-state index in [0.717, 1.165) is 0 Å². The van der Waals surface area contributed by atoms with Crippen molar-refractivity contribution in [1.82, 2.24) is 0 Å². The Labute approximate surface area is 83.2 Å². The lowest BCUT2D eigenvalue weighted by Crippen LogP contribution is -2.08. The van der Waals surface area contributed by atoms with E-state index in [2.05, 4.69) is 0 Å². The van der Waals surface area contributed by atoms with Gasteiger partial charge in [-0.15, -0.1) is 0 Å². The molecule has 0 bridgehead atoms. The van der Waals surface area contributed by atoms with Gasteiger partial charge in [0.2, 0.25) is 0 Å². The van der Waals surface area contributed by atoms with Gasteiger partial charge >= 0.3 is 5.97 Å². The molecule has 1 aromatic carbocycles. The van der Waals surface area contributed by atoms with E-state index in [4.69, 9.17) is 10.1 Å². The normalized spacial score (nSPS) is 9.50. The number of benzene rings is 1. The first-order chi connectivity index (χ1) is 6.70. The zero-order valence-electron chi connectivity index (χ0n) is 8.12. The fraction of sp³-hybridized carbons (Fsp3) is 0.273. The summed E-state index contributed by atoms with van der Waals surface area (Å²) in [6.07, 6.45) is 0.499. The molecule has 0 saturated heterocycles. The van der Waals surface area contributed by atoms with Crippen LogP contribution in [0.4, 0.5) is 0 Å². The Bertz CT molecular complexity index is 319. The van der Waals surface area contributed by atoms with Gasteiger partial charge < -0.3 is 10.1 Å². The third-order valence-corrected chi connectivity index (χ3v) is 1.72. The highest BCUT2D eigenvalue weighted by Crippen LogP contribution is 2.01. The molecule has 0 aliphatic rings. The number of esters is 1. The van der Waals surface area contributed by atoms with Gasteiger partial charge in [0.1, 0.15) is 0 Å². The summed E-state index contributed by atoms with van der Waals surface area (Å²) in [6.45, 7) is 1.97. The molecule has 0 saturated carbocycles. The molecule has 14 heavy (non-hydrogen) atoms. The number of hydrogen-bond donors (Lipinski definition) is 1. The van der Waals surface area contributed by atoms with Gasteiger partial charge in [0.05, 0.1) is 12.2 Å². The summed E-state index contributed by atoms with van der Waals surface area (Å²) in [4.78, 5) is 11.3. The Morgan fingerprint density at radius 3 is 2.57 bits per heavy atom. The molecular weight excluding hydrogens is 178 g/mol. The maximum absolute atomic E-state index is 11.3. The second-order valence-corrected chi connectivity index (χ2v) is 3.03. The Kier molecular flexibility index (Phi) is 3.85. The lowest BCUT2D eigenvalue weighted by molar-refractivity contribution is 0.0515. The van der Waals surface area contributed by atoms with E-state index in [1.807, 2.05) is 6.07 Å². The predicted octanol–water partition coefficient (Wildman–Crippen LogP) is 2.27. The second kappa shape index (κ2) is 5.17. The first-order valence-corrected chi connectivity index (χ1v) is 4.46. The molecule has 0 fully saturated rings. The Morgan fingerprint density at radius 1 is 1.36 bits per heavy atom. The molecule has 0 unspecified atom stereocenters. The molecule has 74 valence electrons. The first-order valence-electron chi connectivity index (χ1n) is 4.46. The van der Waals surface area contributed by atoms with Crippen LogP contribution in [0.5, 0.6) is 0 Å². The molecule has 0 aromatic heterocycles. The van der Waals surface area contributed by atoms with Crippen molar-refractivity contribution in [2.45, 2.75) is 13.3 Å². The number of hydrogen-bond acceptors (Lipinski definition) is 3. The fourth-order valence-electron chi connectivity index (χ4n) is 0.954. The molecule has 3 nitrogen and oxygen atoms in total. The van der Waals surface area contributed by atoms with E-state index >= 15 is 0 Å². The van der Waals surface area contributed by atoms with Gasteiger partial charge in [0.25, 0.3) is 0 Å². The monoisotopic (exact) mass is 191 g/mol. The van der Waals surface area contributed by atoms with Crippen molar-refractivity contribution in [2.75, 3.05) is 6.61 Å². The van der Waals surface area contributed by atoms with E-state index in [0.29, 0.717) is 17.7 Å². The van der Waals surface area contributed by atoms with Gasteiger partial charge in [-0.1, -0.05) is 18.2 Å². The lowest BCUT2D eigenvalue weighted by atomic mass is 10.2. The SMILES string of the molecule is CC(=N)CCOC(=O)c1ccccc1. The second-order valence-electron chi connectivity index (χ2n) is 3.03. The molecule has 1 aromatic rings. The zero-order chi connectivity index (χ0) is 10.4. The van der Waals surface area contributed by atoms with Crippen LogP contribution < -0.4 is 0 Å². The summed E-state index contributed by atoms with van der Waals surface area (Å²) in [5.41, 5.74) is 1.07. The maximum Gasteiger partial charge on any atom is 0.338 e. The van der Waals surface area contributed by atoms with Crippen LogP contribution in [0.15, 0.2) is 30.3 Å². The van der Waals surface area contributed by atoms with Gasteiger partial charge in [-0.3, -0.25) is 0 Å². The number of carbonyl (C=O) groups is 1. The van der Waals surface area contributed by atoms with Crippen LogP contribution in [0.3, 0.4) is 0 Å². The minimum atomic E-state index is -0.327. The van der Waals surface area contributed by atoms with Gasteiger partial charge in [-0.05, 0) is 19.1 Å². The van der Waals surface area contributed by atoms with E-state index < -0.39 is 0 Å². The largest absolute Gasteiger partial charge is 0.462 e. The van der Waals surface area contributed by atoms with Gasteiger partial charge in [-0.25, -0.2) is 4.79 Å². The molecule has 0 aliphatic carbocycles. The topological polar surface area (TPSA) is 50.1 Å².